The Morgan fingerprint density at radius 2 is 1.10 bits per heavy atom. The Morgan fingerprint density at radius 1 is 0.475 bits per heavy atom. The fourth-order valence-electron chi connectivity index (χ4n) is 6.07. The Labute approximate surface area is 231 Å². The lowest BCUT2D eigenvalue weighted by Gasteiger charge is -2.16. The van der Waals surface area contributed by atoms with Gasteiger partial charge in [0.2, 0.25) is 0 Å². The van der Waals surface area contributed by atoms with Gasteiger partial charge < -0.3 is 0 Å². The molecule has 8 aromatic rings. The number of rotatable bonds is 4. The number of hydrogen-bond donors (Lipinski definition) is 0. The summed E-state index contributed by atoms with van der Waals surface area (Å²) in [6.07, 6.45) is 3.41. The van der Waals surface area contributed by atoms with E-state index >= 15 is 0 Å². The molecule has 0 saturated carbocycles. The Kier molecular flexibility index (Phi) is 5.10. The number of fused-ring (bicyclic) bond motifs is 5. The SMILES string of the molecule is c1ccc(-n2c3ccccc3c3c4cccc(-c5ccccc5-c5ccncn5)c4n(-c4ccccc4)c32)cc1. The van der Waals surface area contributed by atoms with Gasteiger partial charge in [-0.3, -0.25) is 9.13 Å². The van der Waals surface area contributed by atoms with Gasteiger partial charge in [-0.15, -0.1) is 0 Å². The van der Waals surface area contributed by atoms with Crippen molar-refractivity contribution in [3.05, 3.63) is 146 Å². The van der Waals surface area contributed by atoms with Crippen LogP contribution in [0.25, 0.3) is 66.6 Å². The molecule has 0 saturated heterocycles. The van der Waals surface area contributed by atoms with E-state index in [2.05, 4.69) is 146 Å². The zero-order valence-electron chi connectivity index (χ0n) is 21.6. The first-order valence-corrected chi connectivity index (χ1v) is 13.4. The molecule has 0 atom stereocenters. The summed E-state index contributed by atoms with van der Waals surface area (Å²) in [6, 6.07) is 47.2. The summed E-state index contributed by atoms with van der Waals surface area (Å²) >= 11 is 0. The van der Waals surface area contributed by atoms with E-state index in [1.165, 1.54) is 27.2 Å². The molecule has 40 heavy (non-hydrogen) atoms. The Balaban J connectivity index is 1.59. The largest absolute Gasteiger partial charge is 0.295 e. The maximum atomic E-state index is 4.60. The molecule has 188 valence electrons. The summed E-state index contributed by atoms with van der Waals surface area (Å²) in [5, 5.41) is 3.71. The highest BCUT2D eigenvalue weighted by molar-refractivity contribution is 6.24. The third-order valence-electron chi connectivity index (χ3n) is 7.69. The van der Waals surface area contributed by atoms with Crippen molar-refractivity contribution in [2.75, 3.05) is 0 Å². The maximum absolute atomic E-state index is 4.60. The first kappa shape index (κ1) is 22.5. The predicted octanol–water partition coefficient (Wildman–Crippen LogP) is 8.85. The number of hydrogen-bond acceptors (Lipinski definition) is 2. The summed E-state index contributed by atoms with van der Waals surface area (Å²) in [4.78, 5) is 8.75. The van der Waals surface area contributed by atoms with Crippen molar-refractivity contribution in [1.82, 2.24) is 19.1 Å². The van der Waals surface area contributed by atoms with E-state index in [0.29, 0.717) is 0 Å². The molecule has 4 heteroatoms. The van der Waals surface area contributed by atoms with Crippen molar-refractivity contribution in [1.29, 1.82) is 0 Å². The van der Waals surface area contributed by atoms with Crippen LogP contribution < -0.4 is 0 Å². The third-order valence-corrected chi connectivity index (χ3v) is 7.69. The van der Waals surface area contributed by atoms with Crippen LogP contribution in [-0.2, 0) is 0 Å². The van der Waals surface area contributed by atoms with E-state index in [1.807, 2.05) is 6.07 Å². The minimum Gasteiger partial charge on any atom is -0.295 e. The van der Waals surface area contributed by atoms with Gasteiger partial charge in [-0.2, -0.15) is 0 Å². The second-order valence-electron chi connectivity index (χ2n) is 9.90. The van der Waals surface area contributed by atoms with E-state index in [0.717, 1.165) is 39.4 Å². The molecular weight excluding hydrogens is 488 g/mol. The highest BCUT2D eigenvalue weighted by Crippen LogP contribution is 2.45. The van der Waals surface area contributed by atoms with Crippen molar-refractivity contribution >= 4 is 32.8 Å². The van der Waals surface area contributed by atoms with Crippen LogP contribution >= 0.6 is 0 Å². The molecule has 8 rings (SSSR count). The van der Waals surface area contributed by atoms with Crippen LogP contribution in [0.15, 0.2) is 146 Å². The molecule has 0 unspecified atom stereocenters. The molecule has 3 heterocycles. The minimum atomic E-state index is 0.907. The molecule has 0 aliphatic rings. The Morgan fingerprint density at radius 3 is 1.85 bits per heavy atom. The van der Waals surface area contributed by atoms with E-state index < -0.39 is 0 Å². The van der Waals surface area contributed by atoms with Crippen molar-refractivity contribution in [3.63, 3.8) is 0 Å². The van der Waals surface area contributed by atoms with Gasteiger partial charge in [0.05, 0.1) is 16.7 Å². The van der Waals surface area contributed by atoms with Gasteiger partial charge in [-0.25, -0.2) is 9.97 Å². The first-order valence-electron chi connectivity index (χ1n) is 13.4. The molecule has 0 aliphatic heterocycles. The molecule has 0 radical (unpaired) electrons. The number of para-hydroxylation sites is 4. The van der Waals surface area contributed by atoms with Crippen molar-refractivity contribution in [2.45, 2.75) is 0 Å². The second kappa shape index (κ2) is 9.07. The third kappa shape index (κ3) is 3.33. The van der Waals surface area contributed by atoms with Crippen LogP contribution in [0.3, 0.4) is 0 Å². The minimum absolute atomic E-state index is 0.907. The highest BCUT2D eigenvalue weighted by Gasteiger charge is 2.24. The Hall–Kier alpha value is -5.48. The number of benzene rings is 5. The Bertz CT molecular complexity index is 2140. The predicted molar refractivity (Wildman–Crippen MR) is 164 cm³/mol. The van der Waals surface area contributed by atoms with Gasteiger partial charge in [0.15, 0.2) is 0 Å². The maximum Gasteiger partial charge on any atom is 0.131 e. The average molecular weight is 513 g/mol. The zero-order chi connectivity index (χ0) is 26.5. The summed E-state index contributed by atoms with van der Waals surface area (Å²) in [6.45, 7) is 0. The topological polar surface area (TPSA) is 35.6 Å². The summed E-state index contributed by atoms with van der Waals surface area (Å²) in [7, 11) is 0. The second-order valence-corrected chi connectivity index (χ2v) is 9.90. The molecular formula is C36H24N4. The van der Waals surface area contributed by atoms with Gasteiger partial charge in [0, 0.05) is 44.9 Å². The van der Waals surface area contributed by atoms with Crippen molar-refractivity contribution in [3.8, 4) is 33.8 Å². The molecule has 0 aliphatic carbocycles. The number of nitrogens with zero attached hydrogens (tertiary/aromatic N) is 4. The molecule has 0 fully saturated rings. The van der Waals surface area contributed by atoms with Crippen LogP contribution in [0.2, 0.25) is 0 Å². The number of aromatic nitrogens is 4. The van der Waals surface area contributed by atoms with Gasteiger partial charge in [-0.1, -0.05) is 97.1 Å². The fraction of sp³-hybridized carbons (Fsp3) is 0. The van der Waals surface area contributed by atoms with Crippen LogP contribution in [0, 0.1) is 0 Å². The molecule has 0 N–H and O–H groups in total. The van der Waals surface area contributed by atoms with Crippen molar-refractivity contribution in [2.24, 2.45) is 0 Å². The standard InChI is InChI=1S/C36H24N4/c1-3-12-25(13-4-1)39-33-21-10-9-18-30(33)34-31-20-11-19-29(35(31)40(36(34)39)26-14-5-2-6-15-26)27-16-7-8-17-28(27)32-22-23-37-24-38-32/h1-24H. The van der Waals surface area contributed by atoms with Crippen molar-refractivity contribution < 1.29 is 0 Å². The van der Waals surface area contributed by atoms with E-state index in [-0.39, 0.29) is 0 Å². The lowest BCUT2D eigenvalue weighted by Crippen LogP contribution is -2.02. The molecule has 3 aromatic heterocycles. The molecule has 0 bridgehead atoms. The molecule has 4 nitrogen and oxygen atoms in total. The quantitative estimate of drug-likeness (QED) is 0.236. The van der Waals surface area contributed by atoms with Gasteiger partial charge in [-0.05, 0) is 42.0 Å². The lowest BCUT2D eigenvalue weighted by molar-refractivity contribution is 1.07. The molecule has 5 aromatic carbocycles. The van der Waals surface area contributed by atoms with Crippen LogP contribution in [-0.4, -0.2) is 19.1 Å². The fourth-order valence-corrected chi connectivity index (χ4v) is 6.07. The normalized spacial score (nSPS) is 11.5. The monoisotopic (exact) mass is 512 g/mol. The zero-order valence-corrected chi connectivity index (χ0v) is 21.6. The van der Waals surface area contributed by atoms with Crippen LogP contribution in [0.4, 0.5) is 0 Å². The van der Waals surface area contributed by atoms with E-state index in [1.54, 1.807) is 12.5 Å². The van der Waals surface area contributed by atoms with Gasteiger partial charge in [0.25, 0.3) is 0 Å². The smallest absolute Gasteiger partial charge is 0.131 e. The summed E-state index contributed by atoms with van der Waals surface area (Å²) < 4.78 is 4.83. The highest BCUT2D eigenvalue weighted by atomic mass is 15.1. The van der Waals surface area contributed by atoms with Crippen LogP contribution in [0.1, 0.15) is 0 Å². The summed E-state index contributed by atoms with van der Waals surface area (Å²) in [5.41, 5.74) is 10.1. The van der Waals surface area contributed by atoms with Gasteiger partial charge >= 0.3 is 0 Å². The van der Waals surface area contributed by atoms with E-state index in [9.17, 15) is 0 Å². The molecule has 0 amide bonds. The molecule has 0 spiro atoms. The van der Waals surface area contributed by atoms with Crippen LogP contribution in [0.5, 0.6) is 0 Å². The van der Waals surface area contributed by atoms with E-state index in [4.69, 9.17) is 0 Å². The summed E-state index contributed by atoms with van der Waals surface area (Å²) in [5.74, 6) is 0. The average Bonchev–Trinajstić information content (AvgIpc) is 3.55. The lowest BCUT2D eigenvalue weighted by atomic mass is 9.95. The first-order chi connectivity index (χ1) is 19.9. The van der Waals surface area contributed by atoms with Gasteiger partial charge in [0.1, 0.15) is 12.0 Å².